The van der Waals surface area contributed by atoms with Gasteiger partial charge < -0.3 is 42.0 Å². The van der Waals surface area contributed by atoms with Gasteiger partial charge in [-0.15, -0.1) is 0 Å². The molecule has 3 aromatic rings. The number of amides is 4. The van der Waals surface area contributed by atoms with Crippen molar-refractivity contribution < 1.29 is 38.9 Å². The molecule has 0 bridgehead atoms. The Morgan fingerprint density at radius 3 is 1.74 bits per heavy atom. The second-order valence-electron chi connectivity index (χ2n) is 13.0. The number of rotatable bonds is 18. The molecule has 8 N–H and O–H groups in total. The molecule has 4 atom stereocenters. The predicted molar refractivity (Wildman–Crippen MR) is 187 cm³/mol. The molecule has 13 nitrogen and oxygen atoms in total. The summed E-state index contributed by atoms with van der Waals surface area (Å²) in [5, 5.41) is 30.5. The fourth-order valence-corrected chi connectivity index (χ4v) is 5.11. The van der Waals surface area contributed by atoms with Crippen molar-refractivity contribution in [2.75, 3.05) is 6.54 Å². The molecule has 268 valence electrons. The lowest BCUT2D eigenvalue weighted by atomic mass is 10.0. The maximum atomic E-state index is 13.9. The Morgan fingerprint density at radius 2 is 1.20 bits per heavy atom. The number of carboxylic acids is 1. The van der Waals surface area contributed by atoms with E-state index < -0.39 is 66.0 Å². The average Bonchev–Trinajstić information content (AvgIpc) is 3.05. The minimum atomic E-state index is -1.32. The molecule has 13 heteroatoms. The molecule has 50 heavy (non-hydrogen) atoms. The van der Waals surface area contributed by atoms with E-state index in [1.165, 1.54) is 12.1 Å². The van der Waals surface area contributed by atoms with E-state index in [-0.39, 0.29) is 31.6 Å². The summed E-state index contributed by atoms with van der Waals surface area (Å²) < 4.78 is 5.47. The number of ether oxygens (including phenoxy) is 1. The summed E-state index contributed by atoms with van der Waals surface area (Å²) in [5.41, 5.74) is 7.20. The molecule has 0 aliphatic carbocycles. The molecule has 3 rings (SSSR count). The molecule has 0 aromatic heterocycles. The first-order valence-corrected chi connectivity index (χ1v) is 16.4. The lowest BCUT2D eigenvalue weighted by Crippen LogP contribution is -2.57. The number of alkyl carbamates (subject to hydrolysis) is 1. The van der Waals surface area contributed by atoms with E-state index in [0.717, 1.165) is 11.1 Å². The van der Waals surface area contributed by atoms with Crippen LogP contribution in [0.1, 0.15) is 50.3 Å². The molecule has 0 heterocycles. The molecule has 3 aromatic carbocycles. The second-order valence-corrected chi connectivity index (χ2v) is 13.0. The predicted octanol–water partition coefficient (Wildman–Crippen LogP) is 2.59. The number of hydrogen-bond donors (Lipinski definition) is 7. The molecular weight excluding hydrogens is 642 g/mol. The van der Waals surface area contributed by atoms with Gasteiger partial charge in [0.2, 0.25) is 17.7 Å². The van der Waals surface area contributed by atoms with Gasteiger partial charge in [-0.2, -0.15) is 0 Å². The smallest absolute Gasteiger partial charge is 0.407 e. The van der Waals surface area contributed by atoms with Gasteiger partial charge in [0.1, 0.15) is 23.4 Å². The standard InChI is InChI=1S/C37H47N5O8/c1-37(2,3)50-36(49)40-27(20-24-10-6-4-7-11-24)23-39-31(22-26-14-16-28(43)17-15-26)35(48)41-29(18-19-32(44)45)34(47)42-30(33(38)46)21-25-12-8-5-9-13-25/h4-17,27,29-31,39,43H,18-23H2,1-3H3,(H2,38,46)(H,40,49)(H,41,48)(H,42,47)(H,44,45)/t27-,29-,30-,31-/m0/s1. The van der Waals surface area contributed by atoms with Crippen LogP contribution in [0.25, 0.3) is 0 Å². The van der Waals surface area contributed by atoms with Crippen molar-refractivity contribution in [1.82, 2.24) is 21.3 Å². The first-order valence-electron chi connectivity index (χ1n) is 16.4. The Bertz CT molecular complexity index is 1560. The van der Waals surface area contributed by atoms with Gasteiger partial charge in [0, 0.05) is 25.4 Å². The molecule has 0 spiro atoms. The maximum absolute atomic E-state index is 13.9. The first kappa shape index (κ1) is 39.0. The zero-order chi connectivity index (χ0) is 36.7. The van der Waals surface area contributed by atoms with E-state index in [0.29, 0.717) is 12.0 Å². The fourth-order valence-electron chi connectivity index (χ4n) is 5.11. The van der Waals surface area contributed by atoms with Crippen molar-refractivity contribution in [3.8, 4) is 5.75 Å². The van der Waals surface area contributed by atoms with Crippen LogP contribution in [0, 0.1) is 0 Å². The topological polar surface area (TPSA) is 209 Å². The number of benzene rings is 3. The average molecular weight is 690 g/mol. The summed E-state index contributed by atoms with van der Waals surface area (Å²) >= 11 is 0. The Morgan fingerprint density at radius 1 is 0.700 bits per heavy atom. The van der Waals surface area contributed by atoms with Crippen LogP contribution < -0.4 is 27.0 Å². The normalized spacial score (nSPS) is 13.6. The summed E-state index contributed by atoms with van der Waals surface area (Å²) in [5.74, 6) is -3.32. The second kappa shape index (κ2) is 18.9. The van der Waals surface area contributed by atoms with Crippen molar-refractivity contribution in [2.24, 2.45) is 5.73 Å². The summed E-state index contributed by atoms with van der Waals surface area (Å²) in [6, 6.07) is 20.7. The molecule has 0 radical (unpaired) electrons. The molecule has 0 fully saturated rings. The van der Waals surface area contributed by atoms with Gasteiger partial charge in [-0.3, -0.25) is 19.2 Å². The van der Waals surface area contributed by atoms with E-state index in [9.17, 15) is 34.2 Å². The van der Waals surface area contributed by atoms with Crippen LogP contribution in [-0.4, -0.2) is 76.3 Å². The number of nitrogens with two attached hydrogens (primary N) is 1. The van der Waals surface area contributed by atoms with Gasteiger partial charge in [0.25, 0.3) is 0 Å². The number of phenols is 1. The minimum Gasteiger partial charge on any atom is -0.508 e. The Kier molecular flexibility index (Phi) is 14.8. The van der Waals surface area contributed by atoms with E-state index in [1.54, 1.807) is 63.2 Å². The highest BCUT2D eigenvalue weighted by Crippen LogP contribution is 2.13. The van der Waals surface area contributed by atoms with Gasteiger partial charge in [0.15, 0.2) is 0 Å². The summed E-state index contributed by atoms with van der Waals surface area (Å²) in [6.45, 7) is 5.36. The van der Waals surface area contributed by atoms with Crippen LogP contribution in [-0.2, 0) is 43.2 Å². The van der Waals surface area contributed by atoms with Crippen LogP contribution in [0.2, 0.25) is 0 Å². The van der Waals surface area contributed by atoms with Gasteiger partial charge in [-0.25, -0.2) is 4.79 Å². The molecule has 0 saturated carbocycles. The Balaban J connectivity index is 1.84. The van der Waals surface area contributed by atoms with Crippen molar-refractivity contribution in [3.63, 3.8) is 0 Å². The Labute approximate surface area is 292 Å². The lowest BCUT2D eigenvalue weighted by molar-refractivity contribution is -0.138. The summed E-state index contributed by atoms with van der Waals surface area (Å²) in [4.78, 5) is 63.9. The zero-order valence-electron chi connectivity index (χ0n) is 28.6. The highest BCUT2D eigenvalue weighted by atomic mass is 16.6. The fraction of sp³-hybridized carbons (Fsp3) is 0.378. The quantitative estimate of drug-likeness (QED) is 0.105. The largest absolute Gasteiger partial charge is 0.508 e. The molecule has 4 amide bonds. The number of primary amides is 1. The van der Waals surface area contributed by atoms with Crippen LogP contribution >= 0.6 is 0 Å². The van der Waals surface area contributed by atoms with Gasteiger partial charge >= 0.3 is 12.1 Å². The van der Waals surface area contributed by atoms with Crippen LogP contribution in [0.3, 0.4) is 0 Å². The SMILES string of the molecule is CC(C)(C)OC(=O)N[C@H](CN[C@@H](Cc1ccc(O)cc1)C(=O)N[C@@H](CCC(=O)O)C(=O)N[C@@H](Cc1ccccc1)C(N)=O)Cc1ccccc1. The molecule has 0 aliphatic rings. The maximum Gasteiger partial charge on any atom is 0.407 e. The molecule has 0 aliphatic heterocycles. The number of carboxylic acid groups (broad SMARTS) is 1. The number of aliphatic carboxylic acids is 1. The van der Waals surface area contributed by atoms with Crippen molar-refractivity contribution >= 4 is 29.8 Å². The van der Waals surface area contributed by atoms with E-state index in [1.807, 2.05) is 30.3 Å². The number of hydrogen-bond acceptors (Lipinski definition) is 8. The zero-order valence-corrected chi connectivity index (χ0v) is 28.6. The van der Waals surface area contributed by atoms with Crippen molar-refractivity contribution in [3.05, 3.63) is 102 Å². The monoisotopic (exact) mass is 689 g/mol. The molecule has 0 saturated heterocycles. The van der Waals surface area contributed by atoms with Crippen LogP contribution in [0.4, 0.5) is 4.79 Å². The Hall–Kier alpha value is -5.43. The number of phenolic OH excluding ortho intramolecular Hbond substituents is 1. The first-order chi connectivity index (χ1) is 23.7. The van der Waals surface area contributed by atoms with Gasteiger partial charge in [-0.05, 0) is 68.9 Å². The summed E-state index contributed by atoms with van der Waals surface area (Å²) in [6.07, 6.45) is -0.716. The van der Waals surface area contributed by atoms with E-state index >= 15 is 0 Å². The third-order valence-electron chi connectivity index (χ3n) is 7.57. The third kappa shape index (κ3) is 14.4. The molecular formula is C37H47N5O8. The number of carbonyl (C=O) groups excluding carboxylic acids is 4. The van der Waals surface area contributed by atoms with Crippen molar-refractivity contribution in [1.29, 1.82) is 0 Å². The number of nitrogens with one attached hydrogen (secondary N) is 4. The van der Waals surface area contributed by atoms with Crippen molar-refractivity contribution in [2.45, 2.75) is 82.6 Å². The molecule has 0 unspecified atom stereocenters. The van der Waals surface area contributed by atoms with E-state index in [4.69, 9.17) is 10.5 Å². The summed E-state index contributed by atoms with van der Waals surface area (Å²) in [7, 11) is 0. The van der Waals surface area contributed by atoms with Gasteiger partial charge in [0.05, 0.1) is 6.04 Å². The minimum absolute atomic E-state index is 0.0390. The third-order valence-corrected chi connectivity index (χ3v) is 7.57. The van der Waals surface area contributed by atoms with E-state index in [2.05, 4.69) is 21.3 Å². The number of aromatic hydroxyl groups is 1. The highest BCUT2D eigenvalue weighted by molar-refractivity contribution is 5.93. The van der Waals surface area contributed by atoms with Crippen LogP contribution in [0.15, 0.2) is 84.9 Å². The number of carbonyl (C=O) groups is 5. The lowest BCUT2D eigenvalue weighted by Gasteiger charge is -2.27. The van der Waals surface area contributed by atoms with Gasteiger partial charge in [-0.1, -0.05) is 72.8 Å². The van der Waals surface area contributed by atoms with Crippen LogP contribution in [0.5, 0.6) is 5.75 Å². The highest BCUT2D eigenvalue weighted by Gasteiger charge is 2.30.